The first-order chi connectivity index (χ1) is 11.5. The van der Waals surface area contributed by atoms with E-state index >= 15 is 0 Å². The number of alkyl halides is 2. The summed E-state index contributed by atoms with van der Waals surface area (Å²) in [4.78, 5) is 11.9. The number of hydrogen-bond acceptors (Lipinski definition) is 3. The van der Waals surface area contributed by atoms with Crippen molar-refractivity contribution in [3.05, 3.63) is 53.8 Å². The second kappa shape index (κ2) is 8.24. The third kappa shape index (κ3) is 5.19. The van der Waals surface area contributed by atoms with Crippen LogP contribution in [0.25, 0.3) is 0 Å². The van der Waals surface area contributed by atoms with Gasteiger partial charge < -0.3 is 14.8 Å². The Morgan fingerprint density at radius 1 is 1.17 bits per heavy atom. The number of benzene rings is 2. The van der Waals surface area contributed by atoms with E-state index in [0.29, 0.717) is 17.7 Å². The minimum atomic E-state index is -3.00. The smallest absolute Gasteiger partial charge is 0.387 e. The van der Waals surface area contributed by atoms with E-state index in [-0.39, 0.29) is 29.6 Å². The number of anilines is 1. The fraction of sp³-hybridized carbons (Fsp3) is 0.235. The van der Waals surface area contributed by atoms with Crippen molar-refractivity contribution < 1.29 is 27.4 Å². The van der Waals surface area contributed by atoms with E-state index in [1.165, 1.54) is 37.4 Å². The first-order valence-corrected chi connectivity index (χ1v) is 7.15. The predicted molar refractivity (Wildman–Crippen MR) is 83.0 cm³/mol. The molecule has 0 bridgehead atoms. The van der Waals surface area contributed by atoms with Crippen LogP contribution in [-0.2, 0) is 11.2 Å². The zero-order valence-corrected chi connectivity index (χ0v) is 12.9. The topological polar surface area (TPSA) is 47.6 Å². The van der Waals surface area contributed by atoms with Gasteiger partial charge in [-0.3, -0.25) is 4.79 Å². The van der Waals surface area contributed by atoms with Crippen molar-refractivity contribution in [2.45, 2.75) is 19.5 Å². The fourth-order valence-electron chi connectivity index (χ4n) is 2.12. The van der Waals surface area contributed by atoms with E-state index in [1.54, 1.807) is 12.1 Å². The fourth-order valence-corrected chi connectivity index (χ4v) is 2.12. The normalized spacial score (nSPS) is 10.5. The predicted octanol–water partition coefficient (Wildman–Crippen LogP) is 4.01. The molecule has 128 valence electrons. The maximum absolute atomic E-state index is 13.1. The van der Waals surface area contributed by atoms with Gasteiger partial charge in [0.05, 0.1) is 7.11 Å². The summed E-state index contributed by atoms with van der Waals surface area (Å²) in [5, 5.41) is 2.58. The zero-order valence-electron chi connectivity index (χ0n) is 12.9. The van der Waals surface area contributed by atoms with E-state index in [4.69, 9.17) is 4.74 Å². The van der Waals surface area contributed by atoms with E-state index in [9.17, 15) is 18.0 Å². The van der Waals surface area contributed by atoms with Crippen LogP contribution < -0.4 is 14.8 Å². The third-order valence-corrected chi connectivity index (χ3v) is 3.19. The quantitative estimate of drug-likeness (QED) is 0.829. The molecule has 0 atom stereocenters. The van der Waals surface area contributed by atoms with Crippen LogP contribution in [0.15, 0.2) is 42.5 Å². The highest BCUT2D eigenvalue weighted by molar-refractivity contribution is 5.91. The molecule has 2 aromatic rings. The van der Waals surface area contributed by atoms with Crippen molar-refractivity contribution in [3.63, 3.8) is 0 Å². The Hall–Kier alpha value is -2.70. The maximum Gasteiger partial charge on any atom is 0.387 e. The number of hydrogen-bond donors (Lipinski definition) is 1. The number of ether oxygens (including phenoxy) is 2. The zero-order chi connectivity index (χ0) is 17.5. The van der Waals surface area contributed by atoms with Gasteiger partial charge in [-0.05, 0) is 36.2 Å². The first kappa shape index (κ1) is 17.7. The van der Waals surface area contributed by atoms with Gasteiger partial charge in [-0.15, -0.1) is 0 Å². The summed E-state index contributed by atoms with van der Waals surface area (Å²) < 4.78 is 47.1. The van der Waals surface area contributed by atoms with Gasteiger partial charge in [-0.1, -0.05) is 12.1 Å². The Labute approximate surface area is 137 Å². The second-order valence-corrected chi connectivity index (χ2v) is 4.92. The summed E-state index contributed by atoms with van der Waals surface area (Å²) in [7, 11) is 1.32. The number of halogens is 3. The van der Waals surface area contributed by atoms with Gasteiger partial charge in [0.2, 0.25) is 5.91 Å². The molecule has 0 saturated heterocycles. The van der Waals surface area contributed by atoms with Crippen molar-refractivity contribution in [3.8, 4) is 11.5 Å². The number of aryl methyl sites for hydroxylation is 1. The van der Waals surface area contributed by atoms with Crippen molar-refractivity contribution >= 4 is 11.6 Å². The summed E-state index contributed by atoms with van der Waals surface area (Å²) >= 11 is 0. The summed E-state index contributed by atoms with van der Waals surface area (Å²) in [5.41, 5.74) is 0.997. The highest BCUT2D eigenvalue weighted by atomic mass is 19.3. The Bertz CT molecular complexity index is 707. The number of methoxy groups -OCH3 is 1. The van der Waals surface area contributed by atoms with Crippen LogP contribution >= 0.6 is 0 Å². The molecule has 1 amide bonds. The highest BCUT2D eigenvalue weighted by Crippen LogP contribution is 2.31. The van der Waals surface area contributed by atoms with Crippen molar-refractivity contribution in [1.29, 1.82) is 0 Å². The summed E-state index contributed by atoms with van der Waals surface area (Å²) in [6.45, 7) is -3.00. The van der Waals surface area contributed by atoms with Crippen LogP contribution in [0.3, 0.4) is 0 Å². The van der Waals surface area contributed by atoms with Gasteiger partial charge in [0.1, 0.15) is 5.82 Å². The molecule has 0 aromatic heterocycles. The number of carbonyl (C=O) groups excluding carboxylic acids is 1. The van der Waals surface area contributed by atoms with E-state index < -0.39 is 6.61 Å². The SMILES string of the molecule is COc1ccc(NC(=O)CCc2cccc(F)c2)cc1OC(F)F. The molecule has 1 N–H and O–H groups in total. The molecular weight excluding hydrogens is 323 g/mol. The Morgan fingerprint density at radius 2 is 1.96 bits per heavy atom. The summed E-state index contributed by atoms with van der Waals surface area (Å²) in [5.74, 6) is -0.729. The van der Waals surface area contributed by atoms with Gasteiger partial charge in [-0.2, -0.15) is 8.78 Å². The molecule has 24 heavy (non-hydrogen) atoms. The largest absolute Gasteiger partial charge is 0.493 e. The van der Waals surface area contributed by atoms with Gasteiger partial charge in [0.25, 0.3) is 0 Å². The molecule has 7 heteroatoms. The highest BCUT2D eigenvalue weighted by Gasteiger charge is 2.12. The van der Waals surface area contributed by atoms with Gasteiger partial charge in [0, 0.05) is 18.2 Å². The molecule has 4 nitrogen and oxygen atoms in total. The van der Waals surface area contributed by atoms with Crippen LogP contribution in [0.1, 0.15) is 12.0 Å². The minimum Gasteiger partial charge on any atom is -0.493 e. The molecule has 0 spiro atoms. The van der Waals surface area contributed by atoms with Gasteiger partial charge in [0.15, 0.2) is 11.5 Å². The number of carbonyl (C=O) groups is 1. The van der Waals surface area contributed by atoms with E-state index in [0.717, 1.165) is 0 Å². The molecule has 2 rings (SSSR count). The molecule has 0 aliphatic carbocycles. The molecule has 0 heterocycles. The van der Waals surface area contributed by atoms with Crippen molar-refractivity contribution in [2.75, 3.05) is 12.4 Å². The Balaban J connectivity index is 1.98. The molecule has 0 unspecified atom stereocenters. The molecule has 0 saturated carbocycles. The summed E-state index contributed by atoms with van der Waals surface area (Å²) in [6.07, 6.45) is 0.487. The molecule has 2 aromatic carbocycles. The molecule has 0 aliphatic heterocycles. The van der Waals surface area contributed by atoms with Crippen molar-refractivity contribution in [1.82, 2.24) is 0 Å². The molecular formula is C17H16F3NO3. The lowest BCUT2D eigenvalue weighted by Gasteiger charge is -2.12. The van der Waals surface area contributed by atoms with Crippen molar-refractivity contribution in [2.24, 2.45) is 0 Å². The van der Waals surface area contributed by atoms with Crippen LogP contribution in [-0.4, -0.2) is 19.6 Å². The lowest BCUT2D eigenvalue weighted by molar-refractivity contribution is -0.116. The molecule has 0 aliphatic rings. The monoisotopic (exact) mass is 339 g/mol. The average Bonchev–Trinajstić information content (AvgIpc) is 2.53. The van der Waals surface area contributed by atoms with Crippen LogP contribution in [0, 0.1) is 5.82 Å². The number of rotatable bonds is 7. The molecule has 0 fully saturated rings. The lowest BCUT2D eigenvalue weighted by Crippen LogP contribution is -2.13. The lowest BCUT2D eigenvalue weighted by atomic mass is 10.1. The number of nitrogens with one attached hydrogen (secondary N) is 1. The van der Waals surface area contributed by atoms with Crippen LogP contribution in [0.4, 0.5) is 18.9 Å². The average molecular weight is 339 g/mol. The van der Waals surface area contributed by atoms with E-state index in [2.05, 4.69) is 10.1 Å². The number of amides is 1. The van der Waals surface area contributed by atoms with Crippen LogP contribution in [0.2, 0.25) is 0 Å². The Morgan fingerprint density at radius 3 is 2.62 bits per heavy atom. The first-order valence-electron chi connectivity index (χ1n) is 7.15. The molecule has 0 radical (unpaired) electrons. The van der Waals surface area contributed by atoms with E-state index in [1.807, 2.05) is 0 Å². The van der Waals surface area contributed by atoms with Crippen LogP contribution in [0.5, 0.6) is 11.5 Å². The maximum atomic E-state index is 13.1. The Kier molecular flexibility index (Phi) is 6.06. The van der Waals surface area contributed by atoms with Gasteiger partial charge >= 0.3 is 6.61 Å². The second-order valence-electron chi connectivity index (χ2n) is 4.92. The minimum absolute atomic E-state index is 0.126. The standard InChI is InChI=1S/C17H16F3NO3/c1-23-14-7-6-13(10-15(14)24-17(19)20)21-16(22)8-5-11-3-2-4-12(18)9-11/h2-4,6-7,9-10,17H,5,8H2,1H3,(H,21,22). The third-order valence-electron chi connectivity index (χ3n) is 3.19. The summed E-state index contributed by atoms with van der Waals surface area (Å²) in [6, 6.07) is 10.2. The van der Waals surface area contributed by atoms with Gasteiger partial charge in [-0.25, -0.2) is 4.39 Å².